The Bertz CT molecular complexity index is 928. The fourth-order valence-electron chi connectivity index (χ4n) is 2.40. The SMILES string of the molecule is CCOC(=O)c1ccc(Nc2nc(C)cc(Nc3ccc(F)cc3)n2)cc1. The Morgan fingerprint density at radius 2 is 1.63 bits per heavy atom. The van der Waals surface area contributed by atoms with Crippen molar-refractivity contribution < 1.29 is 13.9 Å². The van der Waals surface area contributed by atoms with E-state index in [1.807, 2.05) is 6.92 Å². The summed E-state index contributed by atoms with van der Waals surface area (Å²) in [6.45, 7) is 3.95. The van der Waals surface area contributed by atoms with E-state index in [4.69, 9.17) is 4.74 Å². The summed E-state index contributed by atoms with van der Waals surface area (Å²) in [6.07, 6.45) is 0. The average Bonchev–Trinajstić information content (AvgIpc) is 2.64. The summed E-state index contributed by atoms with van der Waals surface area (Å²) < 4.78 is 18.0. The first-order valence-corrected chi connectivity index (χ1v) is 8.46. The van der Waals surface area contributed by atoms with E-state index in [1.54, 1.807) is 49.4 Å². The molecule has 0 aliphatic carbocycles. The second kappa shape index (κ2) is 8.27. The lowest BCUT2D eigenvalue weighted by Gasteiger charge is -2.10. The van der Waals surface area contributed by atoms with Gasteiger partial charge in [-0.15, -0.1) is 0 Å². The highest BCUT2D eigenvalue weighted by molar-refractivity contribution is 5.89. The molecule has 27 heavy (non-hydrogen) atoms. The number of hydrogen-bond acceptors (Lipinski definition) is 6. The van der Waals surface area contributed by atoms with Crippen LogP contribution in [0.5, 0.6) is 0 Å². The summed E-state index contributed by atoms with van der Waals surface area (Å²) in [5.41, 5.74) is 2.70. The number of carbonyl (C=O) groups is 1. The lowest BCUT2D eigenvalue weighted by atomic mass is 10.2. The number of aromatic nitrogens is 2. The summed E-state index contributed by atoms with van der Waals surface area (Å²) in [4.78, 5) is 20.5. The van der Waals surface area contributed by atoms with Crippen molar-refractivity contribution in [2.24, 2.45) is 0 Å². The van der Waals surface area contributed by atoms with E-state index in [0.717, 1.165) is 17.1 Å². The minimum absolute atomic E-state index is 0.298. The van der Waals surface area contributed by atoms with Gasteiger partial charge < -0.3 is 15.4 Å². The summed E-state index contributed by atoms with van der Waals surface area (Å²) in [5, 5.41) is 6.22. The van der Waals surface area contributed by atoms with Gasteiger partial charge >= 0.3 is 5.97 Å². The molecule has 0 saturated carbocycles. The molecule has 1 heterocycles. The van der Waals surface area contributed by atoms with Gasteiger partial charge in [0.2, 0.25) is 5.95 Å². The van der Waals surface area contributed by atoms with Crippen LogP contribution in [0.25, 0.3) is 0 Å². The van der Waals surface area contributed by atoms with Gasteiger partial charge in [0, 0.05) is 23.1 Å². The van der Waals surface area contributed by atoms with Crippen molar-refractivity contribution in [1.29, 1.82) is 0 Å². The van der Waals surface area contributed by atoms with E-state index < -0.39 is 0 Å². The fraction of sp³-hybridized carbons (Fsp3) is 0.150. The summed E-state index contributed by atoms with van der Waals surface area (Å²) >= 11 is 0. The number of aryl methyl sites for hydroxylation is 1. The largest absolute Gasteiger partial charge is 0.462 e. The number of nitrogens with one attached hydrogen (secondary N) is 2. The van der Waals surface area contributed by atoms with E-state index in [0.29, 0.717) is 23.9 Å². The highest BCUT2D eigenvalue weighted by Crippen LogP contribution is 2.20. The first kappa shape index (κ1) is 18.3. The predicted octanol–water partition coefficient (Wildman–Crippen LogP) is 4.59. The summed E-state index contributed by atoms with van der Waals surface area (Å²) in [5.74, 6) is 0.331. The maximum atomic E-state index is 13.0. The zero-order valence-corrected chi connectivity index (χ0v) is 15.0. The molecule has 6 nitrogen and oxygen atoms in total. The maximum Gasteiger partial charge on any atom is 0.338 e. The van der Waals surface area contributed by atoms with Crippen LogP contribution in [-0.2, 0) is 4.74 Å². The first-order chi connectivity index (χ1) is 13.0. The lowest BCUT2D eigenvalue weighted by Crippen LogP contribution is -2.05. The van der Waals surface area contributed by atoms with Crippen LogP contribution in [0.3, 0.4) is 0 Å². The number of hydrogen-bond donors (Lipinski definition) is 2. The molecule has 0 aliphatic rings. The van der Waals surface area contributed by atoms with Crippen molar-refractivity contribution in [2.75, 3.05) is 17.2 Å². The number of anilines is 4. The van der Waals surface area contributed by atoms with Crippen LogP contribution in [0, 0.1) is 12.7 Å². The Balaban J connectivity index is 1.74. The van der Waals surface area contributed by atoms with E-state index in [9.17, 15) is 9.18 Å². The van der Waals surface area contributed by atoms with Crippen molar-refractivity contribution in [3.05, 3.63) is 71.7 Å². The molecule has 0 saturated heterocycles. The van der Waals surface area contributed by atoms with Gasteiger partial charge in [0.05, 0.1) is 12.2 Å². The third-order valence-electron chi connectivity index (χ3n) is 3.62. The van der Waals surface area contributed by atoms with Gasteiger partial charge in [-0.3, -0.25) is 0 Å². The Morgan fingerprint density at radius 3 is 2.30 bits per heavy atom. The van der Waals surface area contributed by atoms with Crippen molar-refractivity contribution >= 4 is 29.1 Å². The molecule has 0 aliphatic heterocycles. The standard InChI is InChI=1S/C20H19FN4O2/c1-3-27-19(26)14-4-8-17(9-5-14)24-20-22-13(2)12-18(25-20)23-16-10-6-15(21)7-11-16/h4-12H,3H2,1-2H3,(H2,22,23,24,25). The zero-order valence-electron chi connectivity index (χ0n) is 15.0. The number of nitrogens with zero attached hydrogens (tertiary/aromatic N) is 2. The number of rotatable bonds is 6. The minimum atomic E-state index is -0.360. The Hall–Kier alpha value is -3.48. The number of halogens is 1. The topological polar surface area (TPSA) is 76.1 Å². The van der Waals surface area contributed by atoms with Crippen molar-refractivity contribution in [2.45, 2.75) is 13.8 Å². The van der Waals surface area contributed by atoms with Gasteiger partial charge in [0.15, 0.2) is 0 Å². The smallest absolute Gasteiger partial charge is 0.338 e. The van der Waals surface area contributed by atoms with E-state index in [1.165, 1.54) is 12.1 Å². The fourth-order valence-corrected chi connectivity index (χ4v) is 2.40. The summed E-state index contributed by atoms with van der Waals surface area (Å²) in [6, 6.07) is 14.7. The number of carbonyl (C=O) groups excluding carboxylic acids is 1. The molecule has 2 aromatic carbocycles. The molecule has 0 fully saturated rings. The third-order valence-corrected chi connectivity index (χ3v) is 3.62. The summed E-state index contributed by atoms with van der Waals surface area (Å²) in [7, 11) is 0. The molecular weight excluding hydrogens is 347 g/mol. The predicted molar refractivity (Wildman–Crippen MR) is 102 cm³/mol. The number of ether oxygens (including phenoxy) is 1. The lowest BCUT2D eigenvalue weighted by molar-refractivity contribution is 0.0526. The van der Waals surface area contributed by atoms with Crippen LogP contribution in [0.1, 0.15) is 23.0 Å². The van der Waals surface area contributed by atoms with E-state index in [2.05, 4.69) is 20.6 Å². The quantitative estimate of drug-likeness (QED) is 0.622. The minimum Gasteiger partial charge on any atom is -0.462 e. The molecule has 0 unspecified atom stereocenters. The maximum absolute atomic E-state index is 13.0. The molecule has 138 valence electrons. The Kier molecular flexibility index (Phi) is 5.61. The molecule has 3 aromatic rings. The van der Waals surface area contributed by atoms with Gasteiger partial charge in [0.25, 0.3) is 0 Å². The molecule has 7 heteroatoms. The molecule has 3 rings (SSSR count). The van der Waals surface area contributed by atoms with Crippen LogP contribution in [0.2, 0.25) is 0 Å². The van der Waals surface area contributed by atoms with Crippen LogP contribution >= 0.6 is 0 Å². The molecule has 0 amide bonds. The third kappa shape index (κ3) is 5.01. The van der Waals surface area contributed by atoms with Crippen LogP contribution in [0.15, 0.2) is 54.6 Å². The molecular formula is C20H19FN4O2. The van der Waals surface area contributed by atoms with E-state index in [-0.39, 0.29) is 11.8 Å². The highest BCUT2D eigenvalue weighted by atomic mass is 19.1. The van der Waals surface area contributed by atoms with Gasteiger partial charge in [-0.1, -0.05) is 0 Å². The molecule has 0 radical (unpaired) electrons. The average molecular weight is 366 g/mol. The van der Waals surface area contributed by atoms with E-state index >= 15 is 0 Å². The molecule has 2 N–H and O–H groups in total. The van der Waals surface area contributed by atoms with Crippen LogP contribution < -0.4 is 10.6 Å². The van der Waals surface area contributed by atoms with Gasteiger partial charge in [-0.25, -0.2) is 14.2 Å². The van der Waals surface area contributed by atoms with Crippen molar-refractivity contribution in [3.8, 4) is 0 Å². The van der Waals surface area contributed by atoms with Gasteiger partial charge in [-0.2, -0.15) is 4.98 Å². The number of esters is 1. The van der Waals surface area contributed by atoms with Gasteiger partial charge in [0.1, 0.15) is 11.6 Å². The molecule has 1 aromatic heterocycles. The van der Waals surface area contributed by atoms with Crippen molar-refractivity contribution in [1.82, 2.24) is 9.97 Å². The van der Waals surface area contributed by atoms with Crippen LogP contribution in [0.4, 0.5) is 27.5 Å². The van der Waals surface area contributed by atoms with Gasteiger partial charge in [-0.05, 0) is 62.4 Å². The first-order valence-electron chi connectivity index (χ1n) is 8.46. The molecule has 0 atom stereocenters. The van der Waals surface area contributed by atoms with Crippen LogP contribution in [-0.4, -0.2) is 22.5 Å². The number of benzene rings is 2. The second-order valence-electron chi connectivity index (χ2n) is 5.77. The highest BCUT2D eigenvalue weighted by Gasteiger charge is 2.07. The Labute approximate surface area is 156 Å². The Morgan fingerprint density at radius 1 is 1.00 bits per heavy atom. The molecule has 0 bridgehead atoms. The van der Waals surface area contributed by atoms with Crippen molar-refractivity contribution in [3.63, 3.8) is 0 Å². The molecule has 0 spiro atoms. The second-order valence-corrected chi connectivity index (χ2v) is 5.77. The normalized spacial score (nSPS) is 10.3. The zero-order chi connectivity index (χ0) is 19.2. The monoisotopic (exact) mass is 366 g/mol.